The largest absolute Gasteiger partial charge is 0.379 e. The first kappa shape index (κ1) is 12.9. The molecule has 90 valence electrons. The van der Waals surface area contributed by atoms with Gasteiger partial charge in [0.25, 0.3) is 0 Å². The number of hydrogen-bond donors (Lipinski definition) is 1. The molecule has 15 heavy (non-hydrogen) atoms. The lowest BCUT2D eigenvalue weighted by Gasteiger charge is -2.26. The second-order valence-corrected chi connectivity index (χ2v) is 4.36. The summed E-state index contributed by atoms with van der Waals surface area (Å²) in [6.45, 7) is 8.56. The molecule has 0 aliphatic carbocycles. The molecule has 1 rings (SSSR count). The molecule has 0 aromatic rings. The lowest BCUT2D eigenvalue weighted by Crippen LogP contribution is -2.40. The highest BCUT2D eigenvalue weighted by molar-refractivity contribution is 4.63. The third-order valence-electron chi connectivity index (χ3n) is 2.67. The number of hydrogen-bond acceptors (Lipinski definition) is 4. The van der Waals surface area contributed by atoms with Crippen LogP contribution in [0.15, 0.2) is 0 Å². The molecule has 0 bridgehead atoms. The van der Waals surface area contributed by atoms with Gasteiger partial charge < -0.3 is 15.0 Å². The molecule has 0 atom stereocenters. The smallest absolute Gasteiger partial charge is 0.0594 e. The standard InChI is InChI=1S/C11H25N3O/c1-13(2)6-3-4-12-5-7-14-8-10-15-11-9-14/h12H,3-11H2,1-2H3. The van der Waals surface area contributed by atoms with Crippen LogP contribution < -0.4 is 5.32 Å². The van der Waals surface area contributed by atoms with Crippen molar-refractivity contribution in [3.63, 3.8) is 0 Å². The van der Waals surface area contributed by atoms with Gasteiger partial charge >= 0.3 is 0 Å². The van der Waals surface area contributed by atoms with Crippen LogP contribution in [-0.2, 0) is 4.74 Å². The van der Waals surface area contributed by atoms with Crippen molar-refractivity contribution < 1.29 is 4.74 Å². The van der Waals surface area contributed by atoms with Gasteiger partial charge in [-0.1, -0.05) is 0 Å². The summed E-state index contributed by atoms with van der Waals surface area (Å²) in [7, 11) is 4.24. The third kappa shape index (κ3) is 6.84. The second-order valence-electron chi connectivity index (χ2n) is 4.36. The molecule has 0 aromatic heterocycles. The predicted molar refractivity (Wildman–Crippen MR) is 63.3 cm³/mol. The Morgan fingerprint density at radius 2 is 1.93 bits per heavy atom. The SMILES string of the molecule is CN(C)CCCNCCN1CCOCC1. The van der Waals surface area contributed by atoms with Gasteiger partial charge in [0.2, 0.25) is 0 Å². The predicted octanol–water partition coefficient (Wildman–Crippen LogP) is -0.140. The fraction of sp³-hybridized carbons (Fsp3) is 1.00. The average molecular weight is 215 g/mol. The zero-order chi connectivity index (χ0) is 10.9. The van der Waals surface area contributed by atoms with Gasteiger partial charge in [-0.15, -0.1) is 0 Å². The van der Waals surface area contributed by atoms with Gasteiger partial charge in [0.05, 0.1) is 13.2 Å². The van der Waals surface area contributed by atoms with E-state index in [0.717, 1.165) is 45.9 Å². The summed E-state index contributed by atoms with van der Waals surface area (Å²) in [5.41, 5.74) is 0. The summed E-state index contributed by atoms with van der Waals surface area (Å²) in [5.74, 6) is 0. The van der Waals surface area contributed by atoms with E-state index in [0.29, 0.717) is 0 Å². The summed E-state index contributed by atoms with van der Waals surface area (Å²) in [5, 5.41) is 3.48. The number of nitrogens with zero attached hydrogens (tertiary/aromatic N) is 2. The van der Waals surface area contributed by atoms with Crippen molar-refractivity contribution in [2.24, 2.45) is 0 Å². The molecule has 1 saturated heterocycles. The Kier molecular flexibility index (Phi) is 6.92. The highest BCUT2D eigenvalue weighted by atomic mass is 16.5. The summed E-state index contributed by atoms with van der Waals surface area (Å²) in [4.78, 5) is 4.69. The molecule has 1 fully saturated rings. The summed E-state index contributed by atoms with van der Waals surface area (Å²) < 4.78 is 5.30. The van der Waals surface area contributed by atoms with Crippen molar-refractivity contribution in [3.8, 4) is 0 Å². The van der Waals surface area contributed by atoms with Crippen LogP contribution >= 0.6 is 0 Å². The van der Waals surface area contributed by atoms with Crippen LogP contribution in [0.1, 0.15) is 6.42 Å². The van der Waals surface area contributed by atoms with Gasteiger partial charge in [-0.25, -0.2) is 0 Å². The molecule has 0 saturated carbocycles. The molecule has 1 aliphatic rings. The molecule has 0 radical (unpaired) electrons. The van der Waals surface area contributed by atoms with Crippen LogP contribution in [0.2, 0.25) is 0 Å². The van der Waals surface area contributed by atoms with Crippen molar-refractivity contribution in [2.45, 2.75) is 6.42 Å². The van der Waals surface area contributed by atoms with Crippen molar-refractivity contribution in [2.75, 3.05) is 66.6 Å². The van der Waals surface area contributed by atoms with Gasteiger partial charge in [-0.05, 0) is 33.6 Å². The number of ether oxygens (including phenoxy) is 1. The van der Waals surface area contributed by atoms with Crippen molar-refractivity contribution in [1.29, 1.82) is 0 Å². The van der Waals surface area contributed by atoms with Crippen molar-refractivity contribution >= 4 is 0 Å². The van der Waals surface area contributed by atoms with Gasteiger partial charge in [-0.2, -0.15) is 0 Å². The van der Waals surface area contributed by atoms with Crippen LogP contribution in [-0.4, -0.2) is 76.4 Å². The Bertz CT molecular complexity index is 147. The van der Waals surface area contributed by atoms with Crippen LogP contribution in [0, 0.1) is 0 Å². The maximum Gasteiger partial charge on any atom is 0.0594 e. The molecule has 4 heteroatoms. The minimum absolute atomic E-state index is 0.903. The first-order chi connectivity index (χ1) is 7.29. The minimum Gasteiger partial charge on any atom is -0.379 e. The highest BCUT2D eigenvalue weighted by Gasteiger charge is 2.08. The molecular weight excluding hydrogens is 190 g/mol. The molecule has 0 unspecified atom stereocenters. The van der Waals surface area contributed by atoms with E-state index < -0.39 is 0 Å². The summed E-state index contributed by atoms with van der Waals surface area (Å²) in [6, 6.07) is 0. The molecule has 0 spiro atoms. The molecular formula is C11H25N3O. The topological polar surface area (TPSA) is 27.7 Å². The van der Waals surface area contributed by atoms with E-state index in [4.69, 9.17) is 4.74 Å². The van der Waals surface area contributed by atoms with Crippen molar-refractivity contribution in [1.82, 2.24) is 15.1 Å². The molecule has 4 nitrogen and oxygen atoms in total. The first-order valence-electron chi connectivity index (χ1n) is 5.94. The summed E-state index contributed by atoms with van der Waals surface area (Å²) >= 11 is 0. The number of morpholine rings is 1. The maximum atomic E-state index is 5.30. The van der Waals surface area contributed by atoms with E-state index in [2.05, 4.69) is 29.2 Å². The van der Waals surface area contributed by atoms with Gasteiger partial charge in [0.15, 0.2) is 0 Å². The normalized spacial score (nSPS) is 18.6. The Morgan fingerprint density at radius 3 is 2.60 bits per heavy atom. The number of nitrogens with one attached hydrogen (secondary N) is 1. The molecule has 1 aliphatic heterocycles. The monoisotopic (exact) mass is 215 g/mol. The average Bonchev–Trinajstić information content (AvgIpc) is 2.24. The lowest BCUT2D eigenvalue weighted by atomic mass is 10.4. The van der Waals surface area contributed by atoms with Crippen molar-refractivity contribution in [3.05, 3.63) is 0 Å². The van der Waals surface area contributed by atoms with E-state index in [9.17, 15) is 0 Å². The Morgan fingerprint density at radius 1 is 1.20 bits per heavy atom. The van der Waals surface area contributed by atoms with Crippen LogP contribution in [0.4, 0.5) is 0 Å². The van der Waals surface area contributed by atoms with Crippen LogP contribution in [0.3, 0.4) is 0 Å². The Hall–Kier alpha value is -0.160. The maximum absolute atomic E-state index is 5.30. The minimum atomic E-state index is 0.903. The van der Waals surface area contributed by atoms with E-state index in [1.54, 1.807) is 0 Å². The Balaban J connectivity index is 1.83. The molecule has 0 amide bonds. The van der Waals surface area contributed by atoms with E-state index in [1.807, 2.05) is 0 Å². The van der Waals surface area contributed by atoms with Gasteiger partial charge in [-0.3, -0.25) is 4.90 Å². The van der Waals surface area contributed by atoms with E-state index >= 15 is 0 Å². The van der Waals surface area contributed by atoms with Crippen LogP contribution in [0.25, 0.3) is 0 Å². The molecule has 1 heterocycles. The second kappa shape index (κ2) is 8.05. The first-order valence-corrected chi connectivity index (χ1v) is 5.94. The summed E-state index contributed by atoms with van der Waals surface area (Å²) in [6.07, 6.45) is 1.23. The third-order valence-corrected chi connectivity index (χ3v) is 2.67. The quantitative estimate of drug-likeness (QED) is 0.598. The fourth-order valence-corrected chi connectivity index (χ4v) is 1.71. The highest BCUT2D eigenvalue weighted by Crippen LogP contribution is 1.94. The van der Waals surface area contributed by atoms with E-state index in [1.165, 1.54) is 13.0 Å². The lowest BCUT2D eigenvalue weighted by molar-refractivity contribution is 0.0384. The van der Waals surface area contributed by atoms with E-state index in [-0.39, 0.29) is 0 Å². The molecule has 1 N–H and O–H groups in total. The zero-order valence-electron chi connectivity index (χ0n) is 10.2. The van der Waals surface area contributed by atoms with Crippen LogP contribution in [0.5, 0.6) is 0 Å². The van der Waals surface area contributed by atoms with Gasteiger partial charge in [0, 0.05) is 26.2 Å². The zero-order valence-corrected chi connectivity index (χ0v) is 10.2. The fourth-order valence-electron chi connectivity index (χ4n) is 1.71. The number of rotatable bonds is 7. The Labute approximate surface area is 93.6 Å². The van der Waals surface area contributed by atoms with Gasteiger partial charge in [0.1, 0.15) is 0 Å². The molecule has 0 aromatic carbocycles.